The van der Waals surface area contributed by atoms with Crippen LogP contribution in [0.2, 0.25) is 0 Å². The van der Waals surface area contributed by atoms with Crippen LogP contribution < -0.4 is 0 Å². The third-order valence-electron chi connectivity index (χ3n) is 3.63. The largest absolute Gasteiger partial charge is 0.338 e. The fourth-order valence-electron chi connectivity index (χ4n) is 2.07. The van der Waals surface area contributed by atoms with Gasteiger partial charge in [0.1, 0.15) is 11.6 Å². The molecular formula is C14H15FN2O3S. The molecule has 2 aromatic rings. The highest BCUT2D eigenvalue weighted by Gasteiger charge is 2.31. The molecular weight excluding hydrogens is 295 g/mol. The molecule has 0 amide bonds. The lowest BCUT2D eigenvalue weighted by Crippen LogP contribution is -2.13. The zero-order valence-electron chi connectivity index (χ0n) is 11.5. The Balaban J connectivity index is 1.76. The van der Waals surface area contributed by atoms with E-state index in [9.17, 15) is 12.8 Å². The van der Waals surface area contributed by atoms with Crippen LogP contribution in [-0.4, -0.2) is 18.6 Å². The van der Waals surface area contributed by atoms with Crippen molar-refractivity contribution in [3.8, 4) is 0 Å². The lowest BCUT2D eigenvalue weighted by molar-refractivity contribution is 0.382. The maximum absolute atomic E-state index is 12.9. The van der Waals surface area contributed by atoms with E-state index in [0.29, 0.717) is 17.3 Å². The Bertz CT molecular complexity index is 736. The Morgan fingerprint density at radius 2 is 2.00 bits per heavy atom. The Kier molecular flexibility index (Phi) is 3.52. The maximum Gasteiger partial charge on any atom is 0.241 e. The Hall–Kier alpha value is -1.76. The molecule has 0 aliphatic heterocycles. The van der Waals surface area contributed by atoms with Crippen molar-refractivity contribution in [2.24, 2.45) is 0 Å². The summed E-state index contributed by atoms with van der Waals surface area (Å²) < 4.78 is 42.6. The lowest BCUT2D eigenvalue weighted by atomic mass is 10.2. The number of benzene rings is 1. The van der Waals surface area contributed by atoms with Crippen molar-refractivity contribution in [2.45, 2.75) is 36.7 Å². The van der Waals surface area contributed by atoms with E-state index >= 15 is 0 Å². The van der Waals surface area contributed by atoms with Crippen LogP contribution in [0.25, 0.3) is 0 Å². The molecule has 0 N–H and O–H groups in total. The zero-order chi connectivity index (χ0) is 15.0. The number of hydrogen-bond donors (Lipinski definition) is 0. The van der Waals surface area contributed by atoms with Crippen LogP contribution in [0.3, 0.4) is 0 Å². The van der Waals surface area contributed by atoms with Crippen LogP contribution in [0.5, 0.6) is 0 Å². The molecule has 21 heavy (non-hydrogen) atoms. The van der Waals surface area contributed by atoms with Gasteiger partial charge in [0.05, 0.1) is 5.25 Å². The molecule has 1 aliphatic rings. The van der Waals surface area contributed by atoms with Crippen molar-refractivity contribution in [3.05, 3.63) is 47.4 Å². The highest BCUT2D eigenvalue weighted by atomic mass is 32.2. The van der Waals surface area contributed by atoms with Crippen LogP contribution in [0, 0.1) is 5.82 Å². The summed E-state index contributed by atoms with van der Waals surface area (Å²) >= 11 is 0. The second-order valence-corrected chi connectivity index (χ2v) is 7.64. The number of nitrogens with zero attached hydrogens (tertiary/aromatic N) is 2. The topological polar surface area (TPSA) is 73.1 Å². The van der Waals surface area contributed by atoms with E-state index in [-0.39, 0.29) is 11.6 Å². The van der Waals surface area contributed by atoms with Crippen molar-refractivity contribution in [1.82, 2.24) is 10.1 Å². The first-order valence-electron chi connectivity index (χ1n) is 6.75. The summed E-state index contributed by atoms with van der Waals surface area (Å²) in [5.41, 5.74) is 0.540. The molecule has 1 heterocycles. The molecule has 5 nitrogen and oxygen atoms in total. The SMILES string of the molecule is C[C@@H](c1ccc(F)cc1)S(=O)(=O)Cc1nc(C2CC2)no1. The molecule has 0 bridgehead atoms. The van der Waals surface area contributed by atoms with E-state index in [0.717, 1.165) is 12.8 Å². The molecule has 1 atom stereocenters. The van der Waals surface area contributed by atoms with Gasteiger partial charge in [0.15, 0.2) is 15.7 Å². The van der Waals surface area contributed by atoms with E-state index in [1.165, 1.54) is 24.3 Å². The van der Waals surface area contributed by atoms with E-state index < -0.39 is 20.9 Å². The minimum atomic E-state index is -3.49. The monoisotopic (exact) mass is 310 g/mol. The quantitative estimate of drug-likeness (QED) is 0.849. The van der Waals surface area contributed by atoms with Gasteiger partial charge < -0.3 is 4.52 Å². The van der Waals surface area contributed by atoms with Gasteiger partial charge in [-0.3, -0.25) is 0 Å². The number of sulfone groups is 1. The third kappa shape index (κ3) is 3.12. The summed E-state index contributed by atoms with van der Waals surface area (Å²) in [6.07, 6.45) is 2.05. The van der Waals surface area contributed by atoms with Crippen LogP contribution >= 0.6 is 0 Å². The van der Waals surface area contributed by atoms with Gasteiger partial charge in [-0.15, -0.1) is 0 Å². The second-order valence-electron chi connectivity index (χ2n) is 5.32. The molecule has 1 aromatic carbocycles. The van der Waals surface area contributed by atoms with Crippen molar-refractivity contribution in [2.75, 3.05) is 0 Å². The van der Waals surface area contributed by atoms with Crippen molar-refractivity contribution >= 4 is 9.84 Å². The van der Waals surface area contributed by atoms with Crippen molar-refractivity contribution < 1.29 is 17.3 Å². The molecule has 0 radical (unpaired) electrons. The Morgan fingerprint density at radius 3 is 2.62 bits per heavy atom. The summed E-state index contributed by atoms with van der Waals surface area (Å²) in [6.45, 7) is 1.57. The van der Waals surface area contributed by atoms with E-state index in [1.807, 2.05) is 0 Å². The molecule has 0 saturated heterocycles. The highest BCUT2D eigenvalue weighted by molar-refractivity contribution is 7.90. The summed E-state index contributed by atoms with van der Waals surface area (Å²) in [7, 11) is -3.49. The van der Waals surface area contributed by atoms with Crippen molar-refractivity contribution in [3.63, 3.8) is 0 Å². The fourth-order valence-corrected chi connectivity index (χ4v) is 3.36. The minimum Gasteiger partial charge on any atom is -0.338 e. The van der Waals surface area contributed by atoms with Gasteiger partial charge >= 0.3 is 0 Å². The number of hydrogen-bond acceptors (Lipinski definition) is 5. The summed E-state index contributed by atoms with van der Waals surface area (Å²) in [5, 5.41) is 3.05. The first kappa shape index (κ1) is 14.2. The maximum atomic E-state index is 12.9. The smallest absolute Gasteiger partial charge is 0.241 e. The molecule has 112 valence electrons. The number of rotatable bonds is 5. The molecule has 1 aromatic heterocycles. The van der Waals surface area contributed by atoms with Gasteiger partial charge in [-0.2, -0.15) is 4.98 Å². The number of halogens is 1. The first-order chi connectivity index (χ1) is 9.95. The molecule has 7 heteroatoms. The lowest BCUT2D eigenvalue weighted by Gasteiger charge is -2.11. The highest BCUT2D eigenvalue weighted by Crippen LogP contribution is 2.38. The summed E-state index contributed by atoms with van der Waals surface area (Å²) in [5.74, 6) is 0.334. The second kappa shape index (κ2) is 5.22. The van der Waals surface area contributed by atoms with Gasteiger partial charge in [0, 0.05) is 5.92 Å². The minimum absolute atomic E-state index is 0.117. The molecule has 0 spiro atoms. The summed E-state index contributed by atoms with van der Waals surface area (Å²) in [6, 6.07) is 5.44. The van der Waals surface area contributed by atoms with Gasteiger partial charge in [-0.05, 0) is 37.5 Å². The van der Waals surface area contributed by atoms with Gasteiger partial charge in [-0.1, -0.05) is 17.3 Å². The fraction of sp³-hybridized carbons (Fsp3) is 0.429. The van der Waals surface area contributed by atoms with Gasteiger partial charge in [0.2, 0.25) is 5.89 Å². The average molecular weight is 310 g/mol. The Morgan fingerprint density at radius 1 is 1.33 bits per heavy atom. The zero-order valence-corrected chi connectivity index (χ0v) is 12.3. The van der Waals surface area contributed by atoms with Gasteiger partial charge in [-0.25, -0.2) is 12.8 Å². The van der Waals surface area contributed by atoms with E-state index in [4.69, 9.17) is 4.52 Å². The van der Waals surface area contributed by atoms with Crippen LogP contribution in [0.4, 0.5) is 4.39 Å². The average Bonchev–Trinajstić information content (AvgIpc) is 3.20. The molecule has 1 aliphatic carbocycles. The third-order valence-corrected chi connectivity index (χ3v) is 5.63. The first-order valence-corrected chi connectivity index (χ1v) is 8.47. The standard InChI is InChI=1S/C14H15FN2O3S/c1-9(10-4-6-12(15)7-5-10)21(18,19)8-13-16-14(17-20-13)11-2-3-11/h4-7,9,11H,2-3,8H2,1H3/t9-/m0/s1. The van der Waals surface area contributed by atoms with Crippen molar-refractivity contribution in [1.29, 1.82) is 0 Å². The molecule has 3 rings (SSSR count). The van der Waals surface area contributed by atoms with E-state index in [1.54, 1.807) is 6.92 Å². The summed E-state index contributed by atoms with van der Waals surface area (Å²) in [4.78, 5) is 4.13. The molecule has 0 unspecified atom stereocenters. The van der Waals surface area contributed by atoms with Crippen LogP contribution in [0.15, 0.2) is 28.8 Å². The predicted molar refractivity (Wildman–Crippen MR) is 73.7 cm³/mol. The number of aromatic nitrogens is 2. The Labute approximate surface area is 122 Å². The van der Waals surface area contributed by atoms with Gasteiger partial charge in [0.25, 0.3) is 0 Å². The van der Waals surface area contributed by atoms with Crippen LogP contribution in [-0.2, 0) is 15.6 Å². The van der Waals surface area contributed by atoms with Crippen LogP contribution in [0.1, 0.15) is 48.2 Å². The normalized spacial score (nSPS) is 16.9. The molecule has 1 saturated carbocycles. The predicted octanol–water partition coefficient (Wildman–Crippen LogP) is 2.76. The van der Waals surface area contributed by atoms with E-state index in [2.05, 4.69) is 10.1 Å². The molecule has 1 fully saturated rings.